The van der Waals surface area contributed by atoms with Crippen molar-refractivity contribution in [3.05, 3.63) is 29.8 Å². The molecule has 2 saturated heterocycles. The van der Waals surface area contributed by atoms with E-state index in [0.717, 1.165) is 71.7 Å². The molecule has 2 aliphatic heterocycles. The summed E-state index contributed by atoms with van der Waals surface area (Å²) in [4.78, 5) is 9.97. The zero-order valence-corrected chi connectivity index (χ0v) is 19.8. The predicted octanol–water partition coefficient (Wildman–Crippen LogP) is 2.61. The molecule has 178 valence electrons. The van der Waals surface area contributed by atoms with E-state index < -0.39 is 0 Å². The number of hydrogen-bond acceptors (Lipinski definition) is 5. The lowest BCUT2D eigenvalue weighted by Crippen LogP contribution is -2.60. The lowest BCUT2D eigenvalue weighted by atomic mass is 9.80. The van der Waals surface area contributed by atoms with E-state index in [2.05, 4.69) is 51.6 Å². The van der Waals surface area contributed by atoms with E-state index in [4.69, 9.17) is 14.5 Å². The van der Waals surface area contributed by atoms with Crippen molar-refractivity contribution >= 4 is 11.6 Å². The van der Waals surface area contributed by atoms with E-state index in [1.807, 2.05) is 0 Å². The topological polar surface area (TPSA) is 61.4 Å². The van der Waals surface area contributed by atoms with E-state index in [1.54, 1.807) is 0 Å². The fourth-order valence-corrected chi connectivity index (χ4v) is 5.25. The van der Waals surface area contributed by atoms with Crippen molar-refractivity contribution < 1.29 is 9.47 Å². The van der Waals surface area contributed by atoms with Crippen LogP contribution < -0.4 is 15.5 Å². The van der Waals surface area contributed by atoms with Crippen LogP contribution in [0.5, 0.6) is 0 Å². The molecule has 7 nitrogen and oxygen atoms in total. The van der Waals surface area contributed by atoms with Gasteiger partial charge in [-0.05, 0) is 37.5 Å². The Morgan fingerprint density at radius 1 is 0.906 bits per heavy atom. The summed E-state index contributed by atoms with van der Waals surface area (Å²) in [5.74, 6) is 0.919. The number of nitrogens with one attached hydrogen (secondary N) is 2. The molecule has 0 unspecified atom stereocenters. The van der Waals surface area contributed by atoms with Crippen LogP contribution in [0.25, 0.3) is 0 Å². The second-order valence-corrected chi connectivity index (χ2v) is 9.20. The van der Waals surface area contributed by atoms with Gasteiger partial charge in [0.05, 0.1) is 33.0 Å². The van der Waals surface area contributed by atoms with Gasteiger partial charge in [0.25, 0.3) is 0 Å². The first-order valence-electron chi connectivity index (χ1n) is 12.6. The highest BCUT2D eigenvalue weighted by molar-refractivity contribution is 5.79. The first-order valence-corrected chi connectivity index (χ1v) is 12.6. The smallest absolute Gasteiger partial charge is 0.191 e. The maximum Gasteiger partial charge on any atom is 0.191 e. The summed E-state index contributed by atoms with van der Waals surface area (Å²) in [5.41, 5.74) is 2.74. The van der Waals surface area contributed by atoms with E-state index in [-0.39, 0.29) is 5.54 Å². The van der Waals surface area contributed by atoms with Crippen molar-refractivity contribution in [2.45, 2.75) is 51.1 Å². The summed E-state index contributed by atoms with van der Waals surface area (Å²) in [6.07, 6.45) is 6.54. The molecule has 0 amide bonds. The van der Waals surface area contributed by atoms with Crippen molar-refractivity contribution in [2.24, 2.45) is 4.99 Å². The fraction of sp³-hybridized carbons (Fsp3) is 0.720. The molecule has 32 heavy (non-hydrogen) atoms. The first-order chi connectivity index (χ1) is 15.8. The molecule has 3 aliphatic rings. The number of aliphatic imine (C=N–C) groups is 1. The van der Waals surface area contributed by atoms with Gasteiger partial charge in [-0.15, -0.1) is 0 Å². The molecular weight excluding hydrogens is 402 g/mol. The standard InChI is InChI=1S/C25H41N5O2/c1-2-26-24(27-20-22-6-8-23(9-7-22)29-12-16-31-17-13-29)28-21-25(10-4-3-5-11-25)30-14-18-32-19-15-30/h6-9H,2-5,10-21H2,1H3,(H2,26,27,28). The van der Waals surface area contributed by atoms with Crippen LogP contribution in [0.3, 0.4) is 0 Å². The number of morpholine rings is 2. The number of anilines is 1. The minimum absolute atomic E-state index is 0.234. The molecule has 7 heteroatoms. The van der Waals surface area contributed by atoms with Crippen LogP contribution in [-0.2, 0) is 16.0 Å². The molecule has 2 heterocycles. The van der Waals surface area contributed by atoms with E-state index in [0.29, 0.717) is 6.54 Å². The van der Waals surface area contributed by atoms with Gasteiger partial charge in [0.1, 0.15) is 0 Å². The van der Waals surface area contributed by atoms with E-state index in [9.17, 15) is 0 Å². The highest BCUT2D eigenvalue weighted by atomic mass is 16.5. The Labute approximate surface area is 193 Å². The lowest BCUT2D eigenvalue weighted by molar-refractivity contribution is -0.0352. The first kappa shape index (κ1) is 23.3. The minimum Gasteiger partial charge on any atom is -0.379 e. The second kappa shape index (κ2) is 11.9. The summed E-state index contributed by atoms with van der Waals surface area (Å²) in [6, 6.07) is 8.83. The third kappa shape index (κ3) is 6.15. The van der Waals surface area contributed by atoms with E-state index in [1.165, 1.54) is 43.4 Å². The molecule has 0 spiro atoms. The lowest BCUT2D eigenvalue weighted by Gasteiger charge is -2.48. The summed E-state index contributed by atoms with van der Waals surface area (Å²) in [7, 11) is 0. The average molecular weight is 444 g/mol. The summed E-state index contributed by atoms with van der Waals surface area (Å²) in [6.45, 7) is 12.0. The number of hydrogen-bond donors (Lipinski definition) is 2. The predicted molar refractivity (Wildman–Crippen MR) is 131 cm³/mol. The molecule has 1 aliphatic carbocycles. The van der Waals surface area contributed by atoms with Gasteiger partial charge in [-0.25, -0.2) is 4.99 Å². The molecule has 0 atom stereocenters. The SMILES string of the molecule is CCNC(=NCc1ccc(N2CCOCC2)cc1)NCC1(N2CCOCC2)CCCCC1. The number of guanidine groups is 1. The Morgan fingerprint density at radius 3 is 2.22 bits per heavy atom. The molecule has 0 radical (unpaired) electrons. The Kier molecular flexibility index (Phi) is 8.65. The minimum atomic E-state index is 0.234. The Bertz CT molecular complexity index is 706. The number of rotatable bonds is 7. The third-order valence-corrected chi connectivity index (χ3v) is 7.13. The Balaban J connectivity index is 1.36. The van der Waals surface area contributed by atoms with Crippen LogP contribution >= 0.6 is 0 Å². The van der Waals surface area contributed by atoms with Gasteiger partial charge in [-0.1, -0.05) is 31.4 Å². The molecule has 1 aromatic rings. The highest BCUT2D eigenvalue weighted by Gasteiger charge is 2.38. The van der Waals surface area contributed by atoms with Gasteiger partial charge < -0.3 is 25.0 Å². The zero-order chi connectivity index (χ0) is 22.1. The molecule has 3 fully saturated rings. The molecule has 0 bridgehead atoms. The average Bonchev–Trinajstić information content (AvgIpc) is 2.88. The van der Waals surface area contributed by atoms with Gasteiger partial charge >= 0.3 is 0 Å². The third-order valence-electron chi connectivity index (χ3n) is 7.13. The van der Waals surface area contributed by atoms with Crippen LogP contribution in [0.2, 0.25) is 0 Å². The number of nitrogens with zero attached hydrogens (tertiary/aromatic N) is 3. The second-order valence-electron chi connectivity index (χ2n) is 9.20. The molecule has 0 aromatic heterocycles. The van der Waals surface area contributed by atoms with Crippen molar-refractivity contribution in [3.8, 4) is 0 Å². The molecule has 1 saturated carbocycles. The quantitative estimate of drug-likeness (QED) is 0.499. The highest BCUT2D eigenvalue weighted by Crippen LogP contribution is 2.33. The molecule has 2 N–H and O–H groups in total. The van der Waals surface area contributed by atoms with E-state index >= 15 is 0 Å². The summed E-state index contributed by atoms with van der Waals surface area (Å²) in [5, 5.41) is 7.15. The van der Waals surface area contributed by atoms with Crippen LogP contribution in [-0.4, -0.2) is 82.1 Å². The van der Waals surface area contributed by atoms with Gasteiger partial charge in [-0.3, -0.25) is 4.90 Å². The largest absolute Gasteiger partial charge is 0.379 e. The molecule has 1 aromatic carbocycles. The summed E-state index contributed by atoms with van der Waals surface area (Å²) >= 11 is 0. The Morgan fingerprint density at radius 2 is 1.56 bits per heavy atom. The fourth-order valence-electron chi connectivity index (χ4n) is 5.25. The van der Waals surface area contributed by atoms with Gasteiger partial charge in [-0.2, -0.15) is 0 Å². The van der Waals surface area contributed by atoms with Crippen LogP contribution in [0.15, 0.2) is 29.3 Å². The van der Waals surface area contributed by atoms with Gasteiger partial charge in [0.15, 0.2) is 5.96 Å². The Hall–Kier alpha value is -1.83. The van der Waals surface area contributed by atoms with Crippen molar-refractivity contribution in [1.82, 2.24) is 15.5 Å². The normalized spacial score (nSPS) is 22.5. The maximum absolute atomic E-state index is 5.63. The van der Waals surface area contributed by atoms with Gasteiger partial charge in [0, 0.05) is 50.5 Å². The van der Waals surface area contributed by atoms with Crippen LogP contribution in [0, 0.1) is 0 Å². The monoisotopic (exact) mass is 443 g/mol. The number of benzene rings is 1. The van der Waals surface area contributed by atoms with Crippen molar-refractivity contribution in [3.63, 3.8) is 0 Å². The molecular formula is C25H41N5O2. The van der Waals surface area contributed by atoms with Crippen molar-refractivity contribution in [2.75, 3.05) is 70.6 Å². The van der Waals surface area contributed by atoms with Crippen LogP contribution in [0.1, 0.15) is 44.6 Å². The summed E-state index contributed by atoms with van der Waals surface area (Å²) < 4.78 is 11.1. The van der Waals surface area contributed by atoms with Crippen molar-refractivity contribution in [1.29, 1.82) is 0 Å². The number of ether oxygens (including phenoxy) is 2. The maximum atomic E-state index is 5.63. The zero-order valence-electron chi connectivity index (χ0n) is 19.8. The van der Waals surface area contributed by atoms with Gasteiger partial charge in [0.2, 0.25) is 0 Å². The molecule has 4 rings (SSSR count). The van der Waals surface area contributed by atoms with Crippen LogP contribution in [0.4, 0.5) is 5.69 Å².